The molecule has 1 aliphatic rings. The molecule has 1 atom stereocenters. The third-order valence-electron chi connectivity index (χ3n) is 2.75. The van der Waals surface area contributed by atoms with Gasteiger partial charge < -0.3 is 0 Å². The Kier molecular flexibility index (Phi) is 3.75. The summed E-state index contributed by atoms with van der Waals surface area (Å²) >= 11 is 0. The maximum Gasteiger partial charge on any atom is 0.109 e. The first-order valence-corrected chi connectivity index (χ1v) is 4.96. The Bertz CT molecular complexity index is 271. The Morgan fingerprint density at radius 3 is 2.86 bits per heavy atom. The lowest BCUT2D eigenvalue weighted by atomic mass is 9.92. The lowest BCUT2D eigenvalue weighted by Crippen LogP contribution is -2.46. The Morgan fingerprint density at radius 1 is 1.71 bits per heavy atom. The average Bonchev–Trinajstić information content (AvgIpc) is 3.03. The summed E-state index contributed by atoms with van der Waals surface area (Å²) in [4.78, 5) is 2.67. The molecule has 0 aromatic rings. The van der Waals surface area contributed by atoms with Gasteiger partial charge in [-0.25, -0.2) is 0 Å². The van der Waals surface area contributed by atoms with Crippen LogP contribution in [0.3, 0.4) is 0 Å². The SMILES string of the molecule is CCC(C#N)(NCCN=[N+]=[N-])C1CC1. The van der Waals surface area contributed by atoms with E-state index in [1.54, 1.807) is 0 Å². The van der Waals surface area contributed by atoms with Gasteiger partial charge in [0.25, 0.3) is 0 Å². The predicted molar refractivity (Wildman–Crippen MR) is 53.4 cm³/mol. The number of hydrogen-bond donors (Lipinski definition) is 1. The molecule has 0 aromatic heterocycles. The van der Waals surface area contributed by atoms with Crippen LogP contribution in [0.25, 0.3) is 10.4 Å². The van der Waals surface area contributed by atoms with E-state index in [1.807, 2.05) is 6.92 Å². The molecule has 1 fully saturated rings. The summed E-state index contributed by atoms with van der Waals surface area (Å²) < 4.78 is 0. The molecule has 0 aromatic carbocycles. The summed E-state index contributed by atoms with van der Waals surface area (Å²) in [6.07, 6.45) is 3.08. The number of nitriles is 1. The van der Waals surface area contributed by atoms with Gasteiger partial charge in [0, 0.05) is 18.0 Å². The molecular weight excluding hydrogens is 178 g/mol. The lowest BCUT2D eigenvalue weighted by molar-refractivity contribution is 0.358. The summed E-state index contributed by atoms with van der Waals surface area (Å²) in [7, 11) is 0. The van der Waals surface area contributed by atoms with Crippen LogP contribution in [0.2, 0.25) is 0 Å². The molecule has 1 saturated carbocycles. The van der Waals surface area contributed by atoms with E-state index in [1.165, 1.54) is 0 Å². The first-order valence-electron chi connectivity index (χ1n) is 4.96. The molecule has 5 heteroatoms. The highest BCUT2D eigenvalue weighted by Crippen LogP contribution is 2.41. The van der Waals surface area contributed by atoms with Gasteiger partial charge in [0.1, 0.15) is 5.54 Å². The molecule has 0 bridgehead atoms. The third-order valence-corrected chi connectivity index (χ3v) is 2.75. The molecule has 0 heterocycles. The first-order chi connectivity index (χ1) is 6.79. The number of nitrogens with zero attached hydrogens (tertiary/aromatic N) is 4. The fourth-order valence-electron chi connectivity index (χ4n) is 1.72. The van der Waals surface area contributed by atoms with Crippen molar-refractivity contribution >= 4 is 0 Å². The van der Waals surface area contributed by atoms with Crippen LogP contribution in [0.5, 0.6) is 0 Å². The van der Waals surface area contributed by atoms with Gasteiger partial charge >= 0.3 is 0 Å². The second-order valence-corrected chi connectivity index (χ2v) is 3.59. The minimum absolute atomic E-state index is 0.384. The zero-order valence-electron chi connectivity index (χ0n) is 8.40. The van der Waals surface area contributed by atoms with Crippen molar-refractivity contribution in [3.63, 3.8) is 0 Å². The van der Waals surface area contributed by atoms with Gasteiger partial charge in [-0.3, -0.25) is 5.32 Å². The van der Waals surface area contributed by atoms with Crippen LogP contribution in [-0.2, 0) is 0 Å². The van der Waals surface area contributed by atoms with Gasteiger partial charge in [0.2, 0.25) is 0 Å². The van der Waals surface area contributed by atoms with Crippen molar-refractivity contribution in [3.8, 4) is 6.07 Å². The summed E-state index contributed by atoms with van der Waals surface area (Å²) in [6.45, 7) is 3.01. The van der Waals surface area contributed by atoms with Crippen LogP contribution in [0.1, 0.15) is 26.2 Å². The topological polar surface area (TPSA) is 84.6 Å². The van der Waals surface area contributed by atoms with E-state index in [4.69, 9.17) is 10.8 Å². The maximum atomic E-state index is 9.13. The van der Waals surface area contributed by atoms with E-state index >= 15 is 0 Å². The predicted octanol–water partition coefficient (Wildman–Crippen LogP) is 1.97. The van der Waals surface area contributed by atoms with Gasteiger partial charge in [0.05, 0.1) is 6.07 Å². The summed E-state index contributed by atoms with van der Waals surface area (Å²) in [5.41, 5.74) is 7.71. The number of hydrogen-bond acceptors (Lipinski definition) is 3. The lowest BCUT2D eigenvalue weighted by Gasteiger charge is -2.26. The van der Waals surface area contributed by atoms with Gasteiger partial charge in [0.15, 0.2) is 0 Å². The van der Waals surface area contributed by atoms with Crippen LogP contribution in [0.4, 0.5) is 0 Å². The van der Waals surface area contributed by atoms with Crippen molar-refractivity contribution in [1.29, 1.82) is 5.26 Å². The fourth-order valence-corrected chi connectivity index (χ4v) is 1.72. The van der Waals surface area contributed by atoms with Crippen molar-refractivity contribution in [2.75, 3.05) is 13.1 Å². The van der Waals surface area contributed by atoms with E-state index in [0.29, 0.717) is 19.0 Å². The Balaban J connectivity index is 2.43. The molecule has 14 heavy (non-hydrogen) atoms. The summed E-state index contributed by atoms with van der Waals surface area (Å²) in [6, 6.07) is 2.36. The molecule has 76 valence electrons. The molecule has 0 radical (unpaired) electrons. The molecule has 1 N–H and O–H groups in total. The minimum Gasteiger partial charge on any atom is -0.299 e. The second-order valence-electron chi connectivity index (χ2n) is 3.59. The Morgan fingerprint density at radius 2 is 2.43 bits per heavy atom. The van der Waals surface area contributed by atoms with Gasteiger partial charge in [-0.15, -0.1) is 0 Å². The smallest absolute Gasteiger partial charge is 0.109 e. The van der Waals surface area contributed by atoms with Crippen LogP contribution in [-0.4, -0.2) is 18.6 Å². The Hall–Kier alpha value is -1.24. The quantitative estimate of drug-likeness (QED) is 0.302. The second kappa shape index (κ2) is 4.85. The highest BCUT2D eigenvalue weighted by Gasteiger charge is 2.43. The Labute approximate surface area is 83.7 Å². The monoisotopic (exact) mass is 193 g/mol. The molecule has 1 rings (SSSR count). The van der Waals surface area contributed by atoms with E-state index in [-0.39, 0.29) is 5.54 Å². The molecule has 1 unspecified atom stereocenters. The standard InChI is InChI=1S/C9H15N5/c1-2-9(7-10,8-3-4-8)12-5-6-13-14-11/h8,12H,2-6H2,1H3. The van der Waals surface area contributed by atoms with Crippen LogP contribution < -0.4 is 5.32 Å². The van der Waals surface area contributed by atoms with Gasteiger partial charge in [-0.2, -0.15) is 5.26 Å². The van der Waals surface area contributed by atoms with Gasteiger partial charge in [-0.1, -0.05) is 12.0 Å². The highest BCUT2D eigenvalue weighted by molar-refractivity contribution is 5.14. The van der Waals surface area contributed by atoms with E-state index in [2.05, 4.69) is 21.4 Å². The zero-order chi connectivity index (χ0) is 10.4. The van der Waals surface area contributed by atoms with Crippen LogP contribution in [0.15, 0.2) is 5.11 Å². The third kappa shape index (κ3) is 2.38. The fraction of sp³-hybridized carbons (Fsp3) is 0.889. The summed E-state index contributed by atoms with van der Waals surface area (Å²) in [5.74, 6) is 0.489. The van der Waals surface area contributed by atoms with E-state index in [9.17, 15) is 0 Å². The highest BCUT2D eigenvalue weighted by atomic mass is 15.1. The normalized spacial score (nSPS) is 19.1. The average molecular weight is 193 g/mol. The van der Waals surface area contributed by atoms with Crippen molar-refractivity contribution in [1.82, 2.24) is 5.32 Å². The van der Waals surface area contributed by atoms with Crippen molar-refractivity contribution < 1.29 is 0 Å². The largest absolute Gasteiger partial charge is 0.299 e. The number of azide groups is 1. The molecule has 0 amide bonds. The molecule has 1 aliphatic carbocycles. The van der Waals surface area contributed by atoms with Crippen molar-refractivity contribution in [3.05, 3.63) is 10.4 Å². The minimum atomic E-state index is -0.384. The van der Waals surface area contributed by atoms with Crippen LogP contribution in [0, 0.1) is 17.2 Å². The van der Waals surface area contributed by atoms with Crippen molar-refractivity contribution in [2.24, 2.45) is 11.0 Å². The molecular formula is C9H15N5. The number of rotatable bonds is 6. The zero-order valence-corrected chi connectivity index (χ0v) is 8.40. The molecule has 0 aliphatic heterocycles. The first kappa shape index (κ1) is 10.8. The number of nitrogens with one attached hydrogen (secondary N) is 1. The maximum absolute atomic E-state index is 9.13. The van der Waals surface area contributed by atoms with Crippen molar-refractivity contribution in [2.45, 2.75) is 31.7 Å². The summed E-state index contributed by atoms with van der Waals surface area (Å²) in [5, 5.41) is 15.8. The van der Waals surface area contributed by atoms with Crippen LogP contribution >= 0.6 is 0 Å². The molecule has 0 spiro atoms. The van der Waals surface area contributed by atoms with E-state index < -0.39 is 0 Å². The molecule has 0 saturated heterocycles. The molecule has 5 nitrogen and oxygen atoms in total. The van der Waals surface area contributed by atoms with Gasteiger partial charge in [-0.05, 0) is 30.7 Å². The van der Waals surface area contributed by atoms with E-state index in [0.717, 1.165) is 19.3 Å².